The van der Waals surface area contributed by atoms with Gasteiger partial charge in [0.25, 0.3) is 0 Å². The lowest BCUT2D eigenvalue weighted by atomic mass is 10.3. The number of rotatable bonds is 1. The molecule has 0 fully saturated rings. The van der Waals surface area contributed by atoms with Gasteiger partial charge in [0.2, 0.25) is 5.89 Å². The molecule has 0 saturated heterocycles. The lowest BCUT2D eigenvalue weighted by Crippen LogP contribution is -1.82. The SMILES string of the molecule is Cc1ccc(-c2ncco2)nc1. The van der Waals surface area contributed by atoms with Crippen LogP contribution in [0, 0.1) is 6.92 Å². The molecule has 12 heavy (non-hydrogen) atoms. The molecule has 0 spiro atoms. The van der Waals surface area contributed by atoms with Crippen LogP contribution >= 0.6 is 0 Å². The van der Waals surface area contributed by atoms with Crippen LogP contribution in [-0.4, -0.2) is 9.97 Å². The maximum atomic E-state index is 5.09. The van der Waals surface area contributed by atoms with Gasteiger partial charge in [0.05, 0.1) is 6.20 Å². The Hall–Kier alpha value is -1.64. The van der Waals surface area contributed by atoms with Crippen LogP contribution < -0.4 is 0 Å². The summed E-state index contributed by atoms with van der Waals surface area (Å²) in [5.74, 6) is 0.565. The minimum atomic E-state index is 0.565. The smallest absolute Gasteiger partial charge is 0.244 e. The lowest BCUT2D eigenvalue weighted by Gasteiger charge is -1.93. The average molecular weight is 160 g/mol. The van der Waals surface area contributed by atoms with E-state index in [9.17, 15) is 0 Å². The van der Waals surface area contributed by atoms with E-state index in [2.05, 4.69) is 9.97 Å². The van der Waals surface area contributed by atoms with Crippen LogP contribution in [0.25, 0.3) is 11.6 Å². The Kier molecular flexibility index (Phi) is 1.63. The molecule has 0 N–H and O–H groups in total. The van der Waals surface area contributed by atoms with Crippen LogP contribution in [0.15, 0.2) is 35.2 Å². The van der Waals surface area contributed by atoms with Crippen molar-refractivity contribution in [2.75, 3.05) is 0 Å². The molecule has 0 aliphatic rings. The molecule has 2 rings (SSSR count). The van der Waals surface area contributed by atoms with Crippen molar-refractivity contribution in [2.24, 2.45) is 0 Å². The van der Waals surface area contributed by atoms with Crippen molar-refractivity contribution in [3.8, 4) is 11.6 Å². The van der Waals surface area contributed by atoms with E-state index < -0.39 is 0 Å². The molecule has 0 atom stereocenters. The Labute approximate surface area is 70.1 Å². The fraction of sp³-hybridized carbons (Fsp3) is 0.111. The fourth-order valence-corrected chi connectivity index (χ4v) is 0.944. The third kappa shape index (κ3) is 1.21. The van der Waals surface area contributed by atoms with Crippen molar-refractivity contribution in [3.05, 3.63) is 36.4 Å². The summed E-state index contributed by atoms with van der Waals surface area (Å²) in [6.07, 6.45) is 4.94. The number of nitrogens with zero attached hydrogens (tertiary/aromatic N) is 2. The zero-order valence-electron chi connectivity index (χ0n) is 6.69. The van der Waals surface area contributed by atoms with Gasteiger partial charge in [-0.15, -0.1) is 0 Å². The molecule has 2 aromatic rings. The molecule has 2 aromatic heterocycles. The summed E-state index contributed by atoms with van der Waals surface area (Å²) >= 11 is 0. The van der Waals surface area contributed by atoms with Gasteiger partial charge >= 0.3 is 0 Å². The molecule has 3 nitrogen and oxygen atoms in total. The molecule has 0 unspecified atom stereocenters. The number of aromatic nitrogens is 2. The van der Waals surface area contributed by atoms with Crippen LogP contribution in [0.2, 0.25) is 0 Å². The van der Waals surface area contributed by atoms with Gasteiger partial charge in [-0.3, -0.25) is 4.98 Å². The van der Waals surface area contributed by atoms with Crippen molar-refractivity contribution in [1.29, 1.82) is 0 Å². The maximum absolute atomic E-state index is 5.09. The second kappa shape index (κ2) is 2.77. The minimum absolute atomic E-state index is 0.565. The van der Waals surface area contributed by atoms with E-state index in [-0.39, 0.29) is 0 Å². The van der Waals surface area contributed by atoms with Gasteiger partial charge in [0.1, 0.15) is 12.0 Å². The van der Waals surface area contributed by atoms with Crippen molar-refractivity contribution in [1.82, 2.24) is 9.97 Å². The molecule has 0 saturated carbocycles. The van der Waals surface area contributed by atoms with Crippen LogP contribution in [0.4, 0.5) is 0 Å². The molecule has 60 valence electrons. The number of hydrogen-bond acceptors (Lipinski definition) is 3. The van der Waals surface area contributed by atoms with E-state index >= 15 is 0 Å². The summed E-state index contributed by atoms with van der Waals surface area (Å²) in [6.45, 7) is 1.99. The van der Waals surface area contributed by atoms with Crippen LogP contribution in [0.1, 0.15) is 5.56 Å². The molecule has 0 radical (unpaired) electrons. The third-order valence-electron chi connectivity index (χ3n) is 1.56. The molecule has 2 heterocycles. The second-order valence-electron chi connectivity index (χ2n) is 2.56. The van der Waals surface area contributed by atoms with E-state index in [4.69, 9.17) is 4.42 Å². The predicted molar refractivity (Wildman–Crippen MR) is 44.5 cm³/mol. The van der Waals surface area contributed by atoms with Gasteiger partial charge in [-0.25, -0.2) is 4.98 Å². The van der Waals surface area contributed by atoms with Crippen LogP contribution in [-0.2, 0) is 0 Å². The number of oxazole rings is 1. The summed E-state index contributed by atoms with van der Waals surface area (Å²) in [5.41, 5.74) is 1.90. The van der Waals surface area contributed by atoms with Gasteiger partial charge in [0, 0.05) is 6.20 Å². The Balaban J connectivity index is 2.43. The highest BCUT2D eigenvalue weighted by Crippen LogP contribution is 2.13. The van der Waals surface area contributed by atoms with Crippen molar-refractivity contribution < 1.29 is 4.42 Å². The zero-order chi connectivity index (χ0) is 8.39. The Bertz CT molecular complexity index is 351. The first kappa shape index (κ1) is 7.03. The Morgan fingerprint density at radius 2 is 2.17 bits per heavy atom. The minimum Gasteiger partial charge on any atom is -0.443 e. The van der Waals surface area contributed by atoms with Gasteiger partial charge in [-0.1, -0.05) is 6.07 Å². The number of pyridine rings is 1. The molecule has 0 bridgehead atoms. The van der Waals surface area contributed by atoms with Crippen LogP contribution in [0.5, 0.6) is 0 Å². The van der Waals surface area contributed by atoms with Gasteiger partial charge in [-0.05, 0) is 18.6 Å². The number of aryl methyl sites for hydroxylation is 1. The zero-order valence-corrected chi connectivity index (χ0v) is 6.69. The quantitative estimate of drug-likeness (QED) is 0.640. The Morgan fingerprint density at radius 3 is 2.75 bits per heavy atom. The molecular formula is C9H8N2O. The molecule has 0 aliphatic carbocycles. The van der Waals surface area contributed by atoms with E-state index in [1.807, 2.05) is 19.1 Å². The highest BCUT2D eigenvalue weighted by atomic mass is 16.3. The largest absolute Gasteiger partial charge is 0.443 e. The van der Waals surface area contributed by atoms with Crippen LogP contribution in [0.3, 0.4) is 0 Å². The summed E-state index contributed by atoms with van der Waals surface area (Å²) in [6, 6.07) is 3.87. The molecular weight excluding hydrogens is 152 g/mol. The van der Waals surface area contributed by atoms with Crippen molar-refractivity contribution >= 4 is 0 Å². The topological polar surface area (TPSA) is 38.9 Å². The van der Waals surface area contributed by atoms with E-state index in [0.717, 1.165) is 11.3 Å². The first-order valence-corrected chi connectivity index (χ1v) is 3.69. The average Bonchev–Trinajstić information content (AvgIpc) is 2.58. The van der Waals surface area contributed by atoms with Crippen molar-refractivity contribution in [2.45, 2.75) is 6.92 Å². The Morgan fingerprint density at radius 1 is 1.25 bits per heavy atom. The van der Waals surface area contributed by atoms with E-state index in [0.29, 0.717) is 5.89 Å². The predicted octanol–water partition coefficient (Wildman–Crippen LogP) is 2.05. The normalized spacial score (nSPS) is 10.1. The maximum Gasteiger partial charge on any atom is 0.244 e. The van der Waals surface area contributed by atoms with Gasteiger partial charge in [0.15, 0.2) is 0 Å². The van der Waals surface area contributed by atoms with Gasteiger partial charge in [-0.2, -0.15) is 0 Å². The lowest BCUT2D eigenvalue weighted by molar-refractivity contribution is 0.572. The molecule has 3 heteroatoms. The molecule has 0 aromatic carbocycles. The summed E-state index contributed by atoms with van der Waals surface area (Å²) in [5, 5.41) is 0. The summed E-state index contributed by atoms with van der Waals surface area (Å²) < 4.78 is 5.09. The standard InChI is InChI=1S/C9H8N2O/c1-7-2-3-8(11-6-7)9-10-4-5-12-9/h2-6H,1H3. The summed E-state index contributed by atoms with van der Waals surface area (Å²) in [7, 11) is 0. The van der Waals surface area contributed by atoms with E-state index in [1.54, 1.807) is 12.4 Å². The monoisotopic (exact) mass is 160 g/mol. The third-order valence-corrected chi connectivity index (χ3v) is 1.56. The first-order chi connectivity index (χ1) is 5.86. The second-order valence-corrected chi connectivity index (χ2v) is 2.56. The first-order valence-electron chi connectivity index (χ1n) is 3.69. The highest BCUT2D eigenvalue weighted by Gasteiger charge is 2.01. The molecule has 0 amide bonds. The number of hydrogen-bond donors (Lipinski definition) is 0. The van der Waals surface area contributed by atoms with E-state index in [1.165, 1.54) is 6.26 Å². The van der Waals surface area contributed by atoms with Gasteiger partial charge < -0.3 is 4.42 Å². The highest BCUT2D eigenvalue weighted by molar-refractivity contribution is 5.46. The van der Waals surface area contributed by atoms with Crippen molar-refractivity contribution in [3.63, 3.8) is 0 Å². The summed E-state index contributed by atoms with van der Waals surface area (Å²) in [4.78, 5) is 8.15. The fourth-order valence-electron chi connectivity index (χ4n) is 0.944. The molecule has 0 aliphatic heterocycles.